The third kappa shape index (κ3) is 5.73. The smallest absolute Gasteiger partial charge is 0.347 e. The van der Waals surface area contributed by atoms with Crippen molar-refractivity contribution in [1.82, 2.24) is 15.5 Å². The van der Waals surface area contributed by atoms with Gasteiger partial charge in [0.1, 0.15) is 18.9 Å². The number of aryl methyl sites for hydroxylation is 1. The number of morpholine rings is 1. The fourth-order valence-corrected chi connectivity index (χ4v) is 5.62. The molecule has 206 valence electrons. The zero-order chi connectivity index (χ0) is 27.6. The number of imide groups is 1. The summed E-state index contributed by atoms with van der Waals surface area (Å²) >= 11 is 0. The van der Waals surface area contributed by atoms with Crippen LogP contribution in [0.2, 0.25) is 0 Å². The van der Waals surface area contributed by atoms with Crippen LogP contribution in [0.1, 0.15) is 50.2 Å². The quantitative estimate of drug-likeness (QED) is 0.389. The van der Waals surface area contributed by atoms with Gasteiger partial charge in [-0.15, -0.1) is 0 Å². The lowest BCUT2D eigenvalue weighted by atomic mass is 10.0. The molecule has 10 heteroatoms. The Bertz CT molecular complexity index is 1300. The third-order valence-corrected chi connectivity index (χ3v) is 7.92. The van der Waals surface area contributed by atoms with Crippen LogP contribution in [0.15, 0.2) is 36.4 Å². The Hall–Kier alpha value is -3.60. The molecule has 0 spiro atoms. The van der Waals surface area contributed by atoms with E-state index in [2.05, 4.69) is 15.5 Å². The second kappa shape index (κ2) is 11.3. The Kier molecular flexibility index (Phi) is 7.79. The Morgan fingerprint density at radius 1 is 1.15 bits per heavy atom. The molecule has 2 N–H and O–H groups in total. The van der Waals surface area contributed by atoms with Crippen LogP contribution in [0, 0.1) is 6.92 Å². The number of piperidine rings is 1. The molecule has 3 heterocycles. The molecule has 10 nitrogen and oxygen atoms in total. The van der Waals surface area contributed by atoms with Crippen molar-refractivity contribution in [2.75, 3.05) is 46.5 Å². The standard InChI is InChI=1S/C29H34N4O6/c1-19-15-21(4-7-25(19)39-14-11-32-9-12-38-13-10-32)27(35)30-17-20-3-5-23-22(16-20)18-33(2,29(23)37)24-6-8-26(34)31-28(24)36/h3-5,7,15-16,24H,6,8-14,17-18H2,1-2H3,(H-,30,31,34,35,36)/p+1. The van der Waals surface area contributed by atoms with E-state index in [1.165, 1.54) is 0 Å². The first-order chi connectivity index (χ1) is 18.7. The lowest BCUT2D eigenvalue weighted by Crippen LogP contribution is -2.61. The number of carbonyl (C=O) groups excluding carboxylic acids is 4. The van der Waals surface area contributed by atoms with Gasteiger partial charge < -0.3 is 14.8 Å². The number of benzene rings is 2. The molecule has 2 atom stereocenters. The minimum Gasteiger partial charge on any atom is -0.492 e. The van der Waals surface area contributed by atoms with Crippen LogP contribution in [-0.4, -0.2) is 85.6 Å². The first-order valence-corrected chi connectivity index (χ1v) is 13.4. The molecule has 0 saturated carbocycles. The van der Waals surface area contributed by atoms with E-state index in [9.17, 15) is 19.2 Å². The number of nitrogens with one attached hydrogen (secondary N) is 2. The Morgan fingerprint density at radius 3 is 2.69 bits per heavy atom. The summed E-state index contributed by atoms with van der Waals surface area (Å²) in [5.74, 6) is -0.255. The summed E-state index contributed by atoms with van der Waals surface area (Å²) in [6, 6.07) is 10.3. The van der Waals surface area contributed by atoms with Gasteiger partial charge in [0.2, 0.25) is 5.91 Å². The Morgan fingerprint density at radius 2 is 1.95 bits per heavy atom. The summed E-state index contributed by atoms with van der Waals surface area (Å²) in [6.45, 7) is 7.36. The molecule has 2 saturated heterocycles. The molecule has 3 aliphatic rings. The summed E-state index contributed by atoms with van der Waals surface area (Å²) in [6.07, 6.45) is 0.576. The molecule has 4 amide bonds. The van der Waals surface area contributed by atoms with Crippen molar-refractivity contribution in [3.8, 4) is 5.75 Å². The number of fused-ring (bicyclic) bond motifs is 1. The lowest BCUT2D eigenvalue weighted by molar-refractivity contribution is -0.855. The van der Waals surface area contributed by atoms with Gasteiger partial charge in [0.25, 0.3) is 11.8 Å². The highest BCUT2D eigenvalue weighted by atomic mass is 16.5. The highest BCUT2D eigenvalue weighted by Gasteiger charge is 2.51. The summed E-state index contributed by atoms with van der Waals surface area (Å²) < 4.78 is 11.2. The lowest BCUT2D eigenvalue weighted by Gasteiger charge is -2.35. The van der Waals surface area contributed by atoms with Crippen LogP contribution < -0.4 is 15.4 Å². The number of hydrogen-bond acceptors (Lipinski definition) is 7. The second-order valence-electron chi connectivity index (χ2n) is 10.7. The first-order valence-electron chi connectivity index (χ1n) is 13.4. The van der Waals surface area contributed by atoms with Crippen molar-refractivity contribution in [2.45, 2.75) is 38.9 Å². The fraction of sp³-hybridized carbons (Fsp3) is 0.448. The minimum absolute atomic E-state index is 0.0790. The van der Waals surface area contributed by atoms with E-state index in [0.29, 0.717) is 37.2 Å². The van der Waals surface area contributed by atoms with Crippen LogP contribution in [-0.2, 0) is 27.4 Å². The average Bonchev–Trinajstić information content (AvgIpc) is 3.18. The highest BCUT2D eigenvalue weighted by molar-refractivity contribution is 6.02. The minimum atomic E-state index is -0.597. The molecule has 2 fully saturated rings. The van der Waals surface area contributed by atoms with Crippen molar-refractivity contribution in [3.05, 3.63) is 64.2 Å². The highest BCUT2D eigenvalue weighted by Crippen LogP contribution is 2.34. The largest absolute Gasteiger partial charge is 0.492 e. The Labute approximate surface area is 227 Å². The maximum absolute atomic E-state index is 13.2. The number of nitrogens with zero attached hydrogens (tertiary/aromatic N) is 2. The fourth-order valence-electron chi connectivity index (χ4n) is 5.62. The molecule has 0 aliphatic carbocycles. The molecule has 0 aromatic heterocycles. The SMILES string of the molecule is Cc1cc(C(=O)NCc2ccc3c(c2)C[N+](C)(C2CCC(=O)NC2=O)C3=O)ccc1OCCN1CCOCC1. The van der Waals surface area contributed by atoms with Crippen molar-refractivity contribution in [3.63, 3.8) is 0 Å². The summed E-state index contributed by atoms with van der Waals surface area (Å²) in [5, 5.41) is 5.32. The van der Waals surface area contributed by atoms with Gasteiger partial charge in [-0.2, -0.15) is 0 Å². The number of likely N-dealkylation sites (N-methyl/N-ethyl adjacent to an activating group) is 1. The molecule has 2 aromatic rings. The second-order valence-corrected chi connectivity index (χ2v) is 10.7. The van der Waals surface area contributed by atoms with Gasteiger partial charge in [0.05, 0.1) is 25.8 Å². The maximum atomic E-state index is 13.2. The molecular weight excluding hydrogens is 500 g/mol. The number of amides is 4. The number of hydrogen-bond donors (Lipinski definition) is 2. The molecular formula is C29H35N4O6+. The summed E-state index contributed by atoms with van der Waals surface area (Å²) in [5.41, 5.74) is 3.73. The van der Waals surface area contributed by atoms with E-state index in [-0.39, 0.29) is 28.6 Å². The average molecular weight is 536 g/mol. The molecule has 0 bridgehead atoms. The van der Waals surface area contributed by atoms with Gasteiger partial charge in [-0.05, 0) is 48.4 Å². The van der Waals surface area contributed by atoms with E-state index in [4.69, 9.17) is 9.47 Å². The predicted molar refractivity (Wildman–Crippen MR) is 142 cm³/mol. The van der Waals surface area contributed by atoms with Gasteiger partial charge in [-0.3, -0.25) is 24.6 Å². The van der Waals surface area contributed by atoms with Gasteiger partial charge in [-0.1, -0.05) is 6.07 Å². The predicted octanol–water partition coefficient (Wildman–Crippen LogP) is 1.54. The van der Waals surface area contributed by atoms with E-state index in [1.54, 1.807) is 19.2 Å². The van der Waals surface area contributed by atoms with Crippen LogP contribution >= 0.6 is 0 Å². The van der Waals surface area contributed by atoms with E-state index >= 15 is 0 Å². The molecule has 2 aromatic carbocycles. The van der Waals surface area contributed by atoms with Crippen LogP contribution in [0.4, 0.5) is 0 Å². The van der Waals surface area contributed by atoms with Crippen molar-refractivity contribution >= 4 is 23.6 Å². The van der Waals surface area contributed by atoms with Gasteiger partial charge >= 0.3 is 5.91 Å². The topological polar surface area (TPSA) is 114 Å². The zero-order valence-electron chi connectivity index (χ0n) is 22.5. The first kappa shape index (κ1) is 27.0. The molecule has 3 aliphatic heterocycles. The molecule has 5 rings (SSSR count). The zero-order valence-corrected chi connectivity index (χ0v) is 22.5. The van der Waals surface area contributed by atoms with Crippen LogP contribution in [0.5, 0.6) is 5.75 Å². The van der Waals surface area contributed by atoms with Gasteiger partial charge in [0.15, 0.2) is 6.04 Å². The van der Waals surface area contributed by atoms with E-state index in [1.807, 2.05) is 31.2 Å². The maximum Gasteiger partial charge on any atom is 0.347 e. The monoisotopic (exact) mass is 535 g/mol. The summed E-state index contributed by atoms with van der Waals surface area (Å²) in [4.78, 5) is 52.5. The molecule has 39 heavy (non-hydrogen) atoms. The van der Waals surface area contributed by atoms with Crippen LogP contribution in [0.3, 0.4) is 0 Å². The van der Waals surface area contributed by atoms with Crippen molar-refractivity contribution in [1.29, 1.82) is 0 Å². The number of carbonyl (C=O) groups is 4. The van der Waals surface area contributed by atoms with Gasteiger partial charge in [-0.25, -0.2) is 9.28 Å². The van der Waals surface area contributed by atoms with E-state index < -0.39 is 11.9 Å². The molecule has 2 unspecified atom stereocenters. The number of quaternary nitrogens is 1. The van der Waals surface area contributed by atoms with Gasteiger partial charge in [0, 0.05) is 50.1 Å². The van der Waals surface area contributed by atoms with Crippen molar-refractivity contribution in [2.24, 2.45) is 0 Å². The van der Waals surface area contributed by atoms with E-state index in [0.717, 1.165) is 55.3 Å². The van der Waals surface area contributed by atoms with Crippen molar-refractivity contribution < 1.29 is 33.1 Å². The Balaban J connectivity index is 1.17. The number of ether oxygens (including phenoxy) is 2. The third-order valence-electron chi connectivity index (χ3n) is 7.92. The van der Waals surface area contributed by atoms with Crippen LogP contribution in [0.25, 0.3) is 0 Å². The number of rotatable bonds is 8. The molecule has 0 radical (unpaired) electrons. The summed E-state index contributed by atoms with van der Waals surface area (Å²) in [7, 11) is 1.75. The normalized spacial score (nSPS) is 23.3.